The lowest BCUT2D eigenvalue weighted by atomic mass is 9.79. The van der Waals surface area contributed by atoms with Crippen LogP contribution in [-0.4, -0.2) is 66.6 Å². The fourth-order valence-corrected chi connectivity index (χ4v) is 4.78. The molecule has 1 aromatic carbocycles. The molecular formula is C22H32N2O4. The number of aryl methyl sites for hydroxylation is 1. The molecule has 0 unspecified atom stereocenters. The molecule has 3 rings (SSSR count). The van der Waals surface area contributed by atoms with Gasteiger partial charge >= 0.3 is 0 Å². The van der Waals surface area contributed by atoms with Gasteiger partial charge in [-0.25, -0.2) is 0 Å². The average molecular weight is 389 g/mol. The summed E-state index contributed by atoms with van der Waals surface area (Å²) in [6, 6.07) is 7.81. The third kappa shape index (κ3) is 4.66. The number of methoxy groups -OCH3 is 1. The summed E-state index contributed by atoms with van der Waals surface area (Å²) in [6.45, 7) is 4.68. The molecule has 2 aliphatic rings. The van der Waals surface area contributed by atoms with Crippen molar-refractivity contribution in [2.45, 2.75) is 32.6 Å². The van der Waals surface area contributed by atoms with Gasteiger partial charge in [0, 0.05) is 52.0 Å². The number of benzene rings is 1. The Balaban J connectivity index is 1.55. The third-order valence-corrected chi connectivity index (χ3v) is 6.47. The number of hydrogen-bond acceptors (Lipinski definition) is 4. The number of ether oxygens (including phenoxy) is 1. The molecule has 2 aliphatic heterocycles. The molecule has 154 valence electrons. The summed E-state index contributed by atoms with van der Waals surface area (Å²) in [5.41, 5.74) is 1.05. The second kappa shape index (κ2) is 9.41. The van der Waals surface area contributed by atoms with E-state index in [4.69, 9.17) is 4.74 Å². The number of rotatable bonds is 6. The maximum absolute atomic E-state index is 12.8. The van der Waals surface area contributed by atoms with Gasteiger partial charge in [-0.15, -0.1) is 0 Å². The molecule has 0 bridgehead atoms. The molecule has 0 spiro atoms. The van der Waals surface area contributed by atoms with Crippen molar-refractivity contribution >= 4 is 11.8 Å². The highest BCUT2D eigenvalue weighted by Crippen LogP contribution is 2.36. The fraction of sp³-hybridized carbons (Fsp3) is 0.636. The minimum absolute atomic E-state index is 0.119. The Labute approximate surface area is 167 Å². The van der Waals surface area contributed by atoms with Gasteiger partial charge in [0.25, 0.3) is 0 Å². The molecule has 2 atom stereocenters. The summed E-state index contributed by atoms with van der Waals surface area (Å²) in [6.07, 6.45) is 3.03. The van der Waals surface area contributed by atoms with E-state index in [1.807, 2.05) is 34.1 Å². The normalized spacial score (nSPS) is 23.1. The molecule has 6 heteroatoms. The molecule has 0 saturated carbocycles. The van der Waals surface area contributed by atoms with Crippen LogP contribution in [0.15, 0.2) is 24.3 Å². The molecule has 28 heavy (non-hydrogen) atoms. The highest BCUT2D eigenvalue weighted by molar-refractivity contribution is 5.77. The Kier molecular flexibility index (Phi) is 6.94. The van der Waals surface area contributed by atoms with Crippen molar-refractivity contribution in [1.82, 2.24) is 9.80 Å². The predicted octanol–water partition coefficient (Wildman–Crippen LogP) is 1.95. The number of piperidine rings is 1. The first kappa shape index (κ1) is 20.6. The number of likely N-dealkylation sites (tertiary alicyclic amines) is 2. The van der Waals surface area contributed by atoms with Crippen LogP contribution in [0.3, 0.4) is 0 Å². The second-order valence-electron chi connectivity index (χ2n) is 8.06. The van der Waals surface area contributed by atoms with Crippen LogP contribution in [0.4, 0.5) is 0 Å². The van der Waals surface area contributed by atoms with E-state index in [0.717, 1.165) is 43.8 Å². The van der Waals surface area contributed by atoms with Gasteiger partial charge in [0.05, 0.1) is 7.11 Å². The van der Waals surface area contributed by atoms with Crippen LogP contribution in [0.5, 0.6) is 5.75 Å². The number of para-hydroxylation sites is 1. The maximum Gasteiger partial charge on any atom is 0.222 e. The Morgan fingerprint density at radius 3 is 2.50 bits per heavy atom. The largest absolute Gasteiger partial charge is 0.496 e. The minimum atomic E-state index is 0.119. The summed E-state index contributed by atoms with van der Waals surface area (Å²) in [4.78, 5) is 28.2. The van der Waals surface area contributed by atoms with Gasteiger partial charge in [-0.1, -0.05) is 18.2 Å². The zero-order valence-electron chi connectivity index (χ0n) is 17.0. The monoisotopic (exact) mass is 388 g/mol. The molecule has 2 amide bonds. The smallest absolute Gasteiger partial charge is 0.222 e. The number of carbonyl (C=O) groups excluding carboxylic acids is 2. The van der Waals surface area contributed by atoms with Crippen molar-refractivity contribution in [3.63, 3.8) is 0 Å². The topological polar surface area (TPSA) is 70.1 Å². The number of carbonyl (C=O) groups is 2. The summed E-state index contributed by atoms with van der Waals surface area (Å²) in [7, 11) is 1.65. The second-order valence-corrected chi connectivity index (χ2v) is 8.06. The summed E-state index contributed by atoms with van der Waals surface area (Å²) in [5, 5.41) is 9.86. The fourth-order valence-electron chi connectivity index (χ4n) is 4.78. The Morgan fingerprint density at radius 2 is 1.86 bits per heavy atom. The molecule has 0 aromatic heterocycles. The Bertz CT molecular complexity index is 685. The van der Waals surface area contributed by atoms with E-state index in [-0.39, 0.29) is 24.3 Å². The summed E-state index contributed by atoms with van der Waals surface area (Å²) >= 11 is 0. The highest BCUT2D eigenvalue weighted by atomic mass is 16.5. The van der Waals surface area contributed by atoms with Crippen molar-refractivity contribution < 1.29 is 19.4 Å². The van der Waals surface area contributed by atoms with E-state index in [9.17, 15) is 14.7 Å². The SMILES string of the molecule is COc1ccccc1CCC(=O)N1C[C@@H](CO)[C@H](C2CCN(C(C)=O)CC2)C1. The van der Waals surface area contributed by atoms with Gasteiger partial charge in [0.15, 0.2) is 0 Å². The first-order chi connectivity index (χ1) is 13.5. The quantitative estimate of drug-likeness (QED) is 0.809. The summed E-state index contributed by atoms with van der Waals surface area (Å²) < 4.78 is 5.37. The Morgan fingerprint density at radius 1 is 1.14 bits per heavy atom. The van der Waals surface area contributed by atoms with E-state index >= 15 is 0 Å². The molecule has 2 saturated heterocycles. The lowest BCUT2D eigenvalue weighted by Crippen LogP contribution is -2.40. The molecule has 1 N–H and O–H groups in total. The van der Waals surface area contributed by atoms with Crippen molar-refractivity contribution in [3.05, 3.63) is 29.8 Å². The molecule has 6 nitrogen and oxygen atoms in total. The maximum atomic E-state index is 12.8. The van der Waals surface area contributed by atoms with Gasteiger partial charge in [-0.2, -0.15) is 0 Å². The van der Waals surface area contributed by atoms with Gasteiger partial charge in [-0.3, -0.25) is 9.59 Å². The van der Waals surface area contributed by atoms with E-state index < -0.39 is 0 Å². The van der Waals surface area contributed by atoms with E-state index in [1.165, 1.54) is 0 Å². The lowest BCUT2D eigenvalue weighted by molar-refractivity contribution is -0.130. The number of hydrogen-bond donors (Lipinski definition) is 1. The van der Waals surface area contributed by atoms with Gasteiger partial charge in [0.2, 0.25) is 11.8 Å². The number of nitrogens with zero attached hydrogens (tertiary/aromatic N) is 2. The number of aliphatic hydroxyl groups is 1. The standard InChI is InChI=1S/C22H32N2O4/c1-16(26)23-11-9-17(10-12-23)20-14-24(13-19(20)15-25)22(27)8-7-18-5-3-4-6-21(18)28-2/h3-6,17,19-20,25H,7-15H2,1-2H3/t19-,20-/m0/s1. The summed E-state index contributed by atoms with van der Waals surface area (Å²) in [5.74, 6) is 2.04. The van der Waals surface area contributed by atoms with E-state index in [1.54, 1.807) is 14.0 Å². The van der Waals surface area contributed by atoms with Crippen molar-refractivity contribution in [3.8, 4) is 5.75 Å². The third-order valence-electron chi connectivity index (χ3n) is 6.47. The van der Waals surface area contributed by atoms with Crippen LogP contribution < -0.4 is 4.74 Å². The predicted molar refractivity (Wildman–Crippen MR) is 107 cm³/mol. The van der Waals surface area contributed by atoms with Crippen LogP contribution in [0.2, 0.25) is 0 Å². The van der Waals surface area contributed by atoms with Crippen LogP contribution in [0.25, 0.3) is 0 Å². The zero-order chi connectivity index (χ0) is 20.1. The van der Waals surface area contributed by atoms with Crippen molar-refractivity contribution in [2.75, 3.05) is 39.9 Å². The van der Waals surface area contributed by atoms with E-state index in [2.05, 4.69) is 0 Å². The van der Waals surface area contributed by atoms with Gasteiger partial charge in [-0.05, 0) is 42.7 Å². The van der Waals surface area contributed by atoms with Crippen LogP contribution in [0.1, 0.15) is 31.7 Å². The van der Waals surface area contributed by atoms with Crippen LogP contribution >= 0.6 is 0 Å². The van der Waals surface area contributed by atoms with Crippen LogP contribution in [0, 0.1) is 17.8 Å². The highest BCUT2D eigenvalue weighted by Gasteiger charge is 2.40. The first-order valence-corrected chi connectivity index (χ1v) is 10.3. The molecule has 0 radical (unpaired) electrons. The minimum Gasteiger partial charge on any atom is -0.496 e. The molecular weight excluding hydrogens is 356 g/mol. The van der Waals surface area contributed by atoms with Gasteiger partial charge < -0.3 is 19.6 Å². The average Bonchev–Trinajstić information content (AvgIpc) is 3.16. The van der Waals surface area contributed by atoms with Gasteiger partial charge in [0.1, 0.15) is 5.75 Å². The van der Waals surface area contributed by atoms with E-state index in [0.29, 0.717) is 31.2 Å². The number of aliphatic hydroxyl groups excluding tert-OH is 1. The lowest BCUT2D eigenvalue weighted by Gasteiger charge is -2.35. The van der Waals surface area contributed by atoms with Crippen LogP contribution in [-0.2, 0) is 16.0 Å². The zero-order valence-corrected chi connectivity index (χ0v) is 17.0. The van der Waals surface area contributed by atoms with Crippen molar-refractivity contribution in [2.24, 2.45) is 17.8 Å². The number of amides is 2. The first-order valence-electron chi connectivity index (χ1n) is 10.3. The molecule has 1 aromatic rings. The Hall–Kier alpha value is -2.08. The molecule has 2 fully saturated rings. The molecule has 0 aliphatic carbocycles. The molecule has 2 heterocycles. The van der Waals surface area contributed by atoms with Crippen molar-refractivity contribution in [1.29, 1.82) is 0 Å².